The van der Waals surface area contributed by atoms with E-state index in [1.807, 2.05) is 0 Å². The van der Waals surface area contributed by atoms with Crippen LogP contribution in [0, 0.1) is 5.82 Å². The van der Waals surface area contributed by atoms with E-state index in [0.717, 1.165) is 5.08 Å². The van der Waals surface area contributed by atoms with Gasteiger partial charge in [-0.2, -0.15) is 0 Å². The summed E-state index contributed by atoms with van der Waals surface area (Å²) < 4.78 is 13.4. The smallest absolute Gasteiger partial charge is 0.254 e. The van der Waals surface area contributed by atoms with Gasteiger partial charge < -0.3 is 5.73 Å². The predicted molar refractivity (Wildman–Crippen MR) is 76.7 cm³/mol. The Bertz CT molecular complexity index is 573. The van der Waals surface area contributed by atoms with Gasteiger partial charge >= 0.3 is 0 Å². The van der Waals surface area contributed by atoms with Gasteiger partial charge in [-0.25, -0.2) is 4.39 Å². The Hall–Kier alpha value is -1.53. The summed E-state index contributed by atoms with van der Waals surface area (Å²) in [5, 5.41) is 0.821. The average Bonchev–Trinajstić information content (AvgIpc) is 2.32. The second-order valence-electron chi connectivity index (χ2n) is 3.68. The standard InChI is InChI=1S/C13H10FNO2S2/c14-9-4-1-8(2-5-9)3-6-10(16)11(12(15)17)13-18-7-19-13/h1-6H,7H2,(H2,15,17). The number of halogens is 1. The second-order valence-corrected chi connectivity index (χ2v) is 6.28. The molecule has 2 N–H and O–H groups in total. The lowest BCUT2D eigenvalue weighted by atomic mass is 10.1. The Balaban J connectivity index is 2.16. The molecule has 98 valence electrons. The number of rotatable bonds is 4. The summed E-state index contributed by atoms with van der Waals surface area (Å²) in [5.74, 6) is -1.49. The Labute approximate surface area is 118 Å². The summed E-state index contributed by atoms with van der Waals surface area (Å²) in [6.45, 7) is 0. The molecular weight excluding hydrogens is 285 g/mol. The molecule has 3 nitrogen and oxygen atoms in total. The number of hydrogen-bond donors (Lipinski definition) is 1. The molecule has 0 saturated carbocycles. The van der Waals surface area contributed by atoms with Crippen molar-refractivity contribution in [2.24, 2.45) is 5.73 Å². The summed E-state index contributed by atoms with van der Waals surface area (Å²) in [4.78, 5) is 23.2. The van der Waals surface area contributed by atoms with Crippen LogP contribution in [0.15, 0.2) is 40.2 Å². The van der Waals surface area contributed by atoms with E-state index in [-0.39, 0.29) is 11.4 Å². The molecule has 19 heavy (non-hydrogen) atoms. The van der Waals surface area contributed by atoms with Crippen molar-refractivity contribution in [1.29, 1.82) is 0 Å². The molecule has 1 fully saturated rings. The van der Waals surface area contributed by atoms with Crippen molar-refractivity contribution in [3.05, 3.63) is 51.5 Å². The molecule has 0 radical (unpaired) electrons. The van der Waals surface area contributed by atoms with E-state index in [4.69, 9.17) is 5.73 Å². The van der Waals surface area contributed by atoms with Gasteiger partial charge in [-0.15, -0.1) is 23.5 Å². The van der Waals surface area contributed by atoms with E-state index in [1.54, 1.807) is 12.1 Å². The van der Waals surface area contributed by atoms with Crippen LogP contribution in [-0.2, 0) is 9.59 Å². The van der Waals surface area contributed by atoms with Crippen LogP contribution in [0.3, 0.4) is 0 Å². The molecule has 6 heteroatoms. The molecule has 1 heterocycles. The SMILES string of the molecule is NC(=O)C(C(=O)C=Cc1ccc(F)cc1)=C1SCS1. The van der Waals surface area contributed by atoms with Crippen molar-refractivity contribution < 1.29 is 14.0 Å². The van der Waals surface area contributed by atoms with Gasteiger partial charge in [0.1, 0.15) is 11.4 Å². The quantitative estimate of drug-likeness (QED) is 0.527. The van der Waals surface area contributed by atoms with E-state index in [2.05, 4.69) is 0 Å². The first kappa shape index (κ1) is 13.9. The largest absolute Gasteiger partial charge is 0.365 e. The third-order valence-electron chi connectivity index (χ3n) is 2.37. The minimum atomic E-state index is -0.719. The van der Waals surface area contributed by atoms with E-state index in [0.29, 0.717) is 9.80 Å². The zero-order valence-electron chi connectivity index (χ0n) is 9.76. The van der Waals surface area contributed by atoms with E-state index in [9.17, 15) is 14.0 Å². The topological polar surface area (TPSA) is 60.2 Å². The van der Waals surface area contributed by atoms with Crippen molar-refractivity contribution in [3.63, 3.8) is 0 Å². The normalized spacial score (nSPS) is 14.3. The number of benzene rings is 1. The molecule has 1 aromatic carbocycles. The molecule has 0 spiro atoms. The number of nitrogens with two attached hydrogens (primary N) is 1. The third kappa shape index (κ3) is 3.48. The van der Waals surface area contributed by atoms with Crippen LogP contribution >= 0.6 is 23.5 Å². The Morgan fingerprint density at radius 3 is 2.32 bits per heavy atom. The first-order chi connectivity index (χ1) is 9.08. The summed E-state index contributed by atoms with van der Waals surface area (Å²) in [6.07, 6.45) is 2.80. The van der Waals surface area contributed by atoms with Crippen LogP contribution in [-0.4, -0.2) is 16.8 Å². The molecule has 1 saturated heterocycles. The molecule has 0 aromatic heterocycles. The maximum Gasteiger partial charge on any atom is 0.254 e. The van der Waals surface area contributed by atoms with Crippen LogP contribution in [0.5, 0.6) is 0 Å². The van der Waals surface area contributed by atoms with Crippen LogP contribution in [0.1, 0.15) is 5.56 Å². The number of thioether (sulfide) groups is 2. The number of carbonyl (C=O) groups excluding carboxylic acids is 2. The van der Waals surface area contributed by atoms with Crippen LogP contribution in [0.2, 0.25) is 0 Å². The van der Waals surface area contributed by atoms with Gasteiger partial charge in [-0.3, -0.25) is 9.59 Å². The third-order valence-corrected chi connectivity index (χ3v) is 4.96. The van der Waals surface area contributed by atoms with Crippen molar-refractivity contribution >= 4 is 41.3 Å². The Morgan fingerprint density at radius 2 is 1.84 bits per heavy atom. The van der Waals surface area contributed by atoms with Crippen LogP contribution in [0.4, 0.5) is 4.39 Å². The number of ketones is 1. The molecule has 1 amide bonds. The zero-order chi connectivity index (χ0) is 13.8. The molecule has 0 atom stereocenters. The first-order valence-electron chi connectivity index (χ1n) is 5.35. The van der Waals surface area contributed by atoms with E-state index in [1.165, 1.54) is 47.8 Å². The molecular formula is C13H10FNO2S2. The van der Waals surface area contributed by atoms with E-state index < -0.39 is 11.7 Å². The maximum absolute atomic E-state index is 12.7. The molecule has 0 aliphatic carbocycles. The van der Waals surface area contributed by atoms with Gasteiger partial charge in [0.05, 0.1) is 4.24 Å². The lowest BCUT2D eigenvalue weighted by Gasteiger charge is -2.17. The summed E-state index contributed by atoms with van der Waals surface area (Å²) in [5.41, 5.74) is 5.91. The van der Waals surface area contributed by atoms with Gasteiger partial charge in [0.25, 0.3) is 5.91 Å². The van der Waals surface area contributed by atoms with Gasteiger partial charge in [-0.1, -0.05) is 18.2 Å². The van der Waals surface area contributed by atoms with Gasteiger partial charge in [0.2, 0.25) is 0 Å². The minimum Gasteiger partial charge on any atom is -0.365 e. The highest BCUT2D eigenvalue weighted by Crippen LogP contribution is 2.45. The fourth-order valence-corrected chi connectivity index (χ4v) is 3.05. The number of amides is 1. The summed E-state index contributed by atoms with van der Waals surface area (Å²) >= 11 is 2.86. The molecule has 0 bridgehead atoms. The highest BCUT2D eigenvalue weighted by atomic mass is 32.3. The van der Waals surface area contributed by atoms with Crippen LogP contribution < -0.4 is 5.73 Å². The summed E-state index contributed by atoms with van der Waals surface area (Å²) in [6, 6.07) is 5.69. The average molecular weight is 295 g/mol. The first-order valence-corrected chi connectivity index (χ1v) is 7.32. The molecule has 1 aromatic rings. The maximum atomic E-state index is 12.7. The van der Waals surface area contributed by atoms with Crippen molar-refractivity contribution in [2.45, 2.75) is 0 Å². The number of primary amides is 1. The highest BCUT2D eigenvalue weighted by molar-refractivity contribution is 8.37. The predicted octanol–water partition coefficient (Wildman–Crippen LogP) is 2.54. The number of carbonyl (C=O) groups is 2. The minimum absolute atomic E-state index is 0.0274. The zero-order valence-corrected chi connectivity index (χ0v) is 11.4. The Morgan fingerprint density at radius 1 is 1.21 bits per heavy atom. The highest BCUT2D eigenvalue weighted by Gasteiger charge is 2.24. The second kappa shape index (κ2) is 6.08. The fourth-order valence-electron chi connectivity index (χ4n) is 1.41. The van der Waals surface area contributed by atoms with Gasteiger partial charge in [0, 0.05) is 5.08 Å². The molecule has 0 unspecified atom stereocenters. The molecule has 2 rings (SSSR count). The monoisotopic (exact) mass is 295 g/mol. The number of allylic oxidation sites excluding steroid dienone is 1. The van der Waals surface area contributed by atoms with Gasteiger partial charge in [0.15, 0.2) is 5.78 Å². The van der Waals surface area contributed by atoms with Gasteiger partial charge in [-0.05, 0) is 23.8 Å². The number of hydrogen-bond acceptors (Lipinski definition) is 4. The summed E-state index contributed by atoms with van der Waals surface area (Å²) in [7, 11) is 0. The van der Waals surface area contributed by atoms with E-state index >= 15 is 0 Å². The van der Waals surface area contributed by atoms with Crippen molar-refractivity contribution in [3.8, 4) is 0 Å². The molecule has 1 aliphatic heterocycles. The van der Waals surface area contributed by atoms with Crippen molar-refractivity contribution in [2.75, 3.05) is 5.08 Å². The van der Waals surface area contributed by atoms with Crippen molar-refractivity contribution in [1.82, 2.24) is 0 Å². The Kier molecular flexibility index (Phi) is 4.44. The van der Waals surface area contributed by atoms with Crippen LogP contribution in [0.25, 0.3) is 6.08 Å². The fraction of sp³-hybridized carbons (Fsp3) is 0.0769. The lowest BCUT2D eigenvalue weighted by molar-refractivity contribution is -0.118. The molecule has 1 aliphatic rings. The lowest BCUT2D eigenvalue weighted by Crippen LogP contribution is -2.21.